The Kier molecular flexibility index (Phi) is 5.39. The fourth-order valence-electron chi connectivity index (χ4n) is 1.80. The molecule has 0 saturated heterocycles. The second-order valence-electron chi connectivity index (χ2n) is 3.63. The predicted octanol–water partition coefficient (Wildman–Crippen LogP) is 3.82. The van der Waals surface area contributed by atoms with Gasteiger partial charge in [0.2, 0.25) is 0 Å². The van der Waals surface area contributed by atoms with Gasteiger partial charge in [0, 0.05) is 0 Å². The second kappa shape index (κ2) is 6.76. The van der Waals surface area contributed by atoms with E-state index in [0.717, 1.165) is 0 Å². The first-order valence-corrected chi connectivity index (χ1v) is 5.34. The third kappa shape index (κ3) is 4.76. The van der Waals surface area contributed by atoms with Crippen molar-refractivity contribution in [1.29, 1.82) is 0 Å². The van der Waals surface area contributed by atoms with Crippen molar-refractivity contribution in [2.24, 2.45) is 0 Å². The van der Waals surface area contributed by atoms with E-state index in [0.29, 0.717) is 6.61 Å². The van der Waals surface area contributed by atoms with Crippen LogP contribution in [0.25, 0.3) is 0 Å². The molecule has 0 unspecified atom stereocenters. The van der Waals surface area contributed by atoms with Gasteiger partial charge in [0.1, 0.15) is 6.61 Å². The molecule has 0 N–H and O–H groups in total. The molecule has 1 aliphatic rings. The summed E-state index contributed by atoms with van der Waals surface area (Å²) >= 11 is 0. The van der Waals surface area contributed by atoms with Gasteiger partial charge in [-0.25, -0.2) is 0 Å². The standard InChI is InChI=1S/C12H20O/c1-2-13-11-10-12-8-6-4-3-5-7-9-12/h2,10H,1,3-9,11H2. The minimum Gasteiger partial charge on any atom is -0.498 e. The van der Waals surface area contributed by atoms with Gasteiger partial charge in [-0.1, -0.05) is 31.4 Å². The number of rotatable bonds is 3. The lowest BCUT2D eigenvalue weighted by Gasteiger charge is -2.11. The summed E-state index contributed by atoms with van der Waals surface area (Å²) in [4.78, 5) is 0. The molecule has 74 valence electrons. The molecule has 0 aliphatic heterocycles. The lowest BCUT2D eigenvalue weighted by molar-refractivity contribution is 0.289. The molecule has 1 nitrogen and oxygen atoms in total. The van der Waals surface area contributed by atoms with E-state index in [-0.39, 0.29) is 0 Å². The Morgan fingerprint density at radius 1 is 1.08 bits per heavy atom. The summed E-state index contributed by atoms with van der Waals surface area (Å²) in [5.41, 5.74) is 1.58. The third-order valence-corrected chi connectivity index (χ3v) is 2.58. The molecule has 0 aromatic carbocycles. The summed E-state index contributed by atoms with van der Waals surface area (Å²) in [6.07, 6.45) is 13.3. The monoisotopic (exact) mass is 180 g/mol. The van der Waals surface area contributed by atoms with Crippen LogP contribution in [0.5, 0.6) is 0 Å². The van der Waals surface area contributed by atoms with Crippen LogP contribution < -0.4 is 0 Å². The van der Waals surface area contributed by atoms with E-state index < -0.39 is 0 Å². The first-order valence-electron chi connectivity index (χ1n) is 5.34. The maximum atomic E-state index is 5.10. The Balaban J connectivity index is 2.27. The zero-order chi connectivity index (χ0) is 9.36. The highest BCUT2D eigenvalue weighted by molar-refractivity contribution is 5.02. The summed E-state index contributed by atoms with van der Waals surface area (Å²) in [5.74, 6) is 0. The van der Waals surface area contributed by atoms with Crippen molar-refractivity contribution in [1.82, 2.24) is 0 Å². The van der Waals surface area contributed by atoms with Crippen LogP contribution in [-0.4, -0.2) is 6.61 Å². The molecule has 1 saturated carbocycles. The number of hydrogen-bond donors (Lipinski definition) is 0. The maximum absolute atomic E-state index is 5.10. The molecule has 1 fully saturated rings. The molecule has 0 radical (unpaired) electrons. The largest absolute Gasteiger partial charge is 0.498 e. The molecule has 0 amide bonds. The van der Waals surface area contributed by atoms with E-state index in [4.69, 9.17) is 4.74 Å². The minimum atomic E-state index is 0.707. The zero-order valence-electron chi connectivity index (χ0n) is 8.43. The van der Waals surface area contributed by atoms with Gasteiger partial charge in [-0.05, 0) is 31.8 Å². The van der Waals surface area contributed by atoms with E-state index in [1.807, 2.05) is 0 Å². The van der Waals surface area contributed by atoms with Gasteiger partial charge in [-0.15, -0.1) is 0 Å². The Morgan fingerprint density at radius 2 is 1.69 bits per heavy atom. The van der Waals surface area contributed by atoms with Crippen molar-refractivity contribution >= 4 is 0 Å². The SMILES string of the molecule is C=COCC=C1CCCCCCC1. The normalized spacial score (nSPS) is 18.6. The van der Waals surface area contributed by atoms with Gasteiger partial charge in [0.15, 0.2) is 0 Å². The van der Waals surface area contributed by atoms with Gasteiger partial charge in [-0.2, -0.15) is 0 Å². The van der Waals surface area contributed by atoms with E-state index >= 15 is 0 Å². The van der Waals surface area contributed by atoms with Crippen molar-refractivity contribution < 1.29 is 4.74 Å². The zero-order valence-corrected chi connectivity index (χ0v) is 8.43. The van der Waals surface area contributed by atoms with Crippen LogP contribution in [0.4, 0.5) is 0 Å². The predicted molar refractivity (Wildman–Crippen MR) is 56.6 cm³/mol. The molecule has 13 heavy (non-hydrogen) atoms. The highest BCUT2D eigenvalue weighted by Crippen LogP contribution is 2.21. The molecule has 0 aromatic heterocycles. The maximum Gasteiger partial charge on any atom is 0.106 e. The third-order valence-electron chi connectivity index (χ3n) is 2.58. The summed E-state index contributed by atoms with van der Waals surface area (Å²) < 4.78 is 5.10. The van der Waals surface area contributed by atoms with Crippen LogP contribution in [0.3, 0.4) is 0 Å². The fraction of sp³-hybridized carbons (Fsp3) is 0.667. The molecule has 1 aliphatic carbocycles. The van der Waals surface area contributed by atoms with Gasteiger partial charge in [-0.3, -0.25) is 0 Å². The summed E-state index contributed by atoms with van der Waals surface area (Å²) in [7, 11) is 0. The van der Waals surface area contributed by atoms with Crippen molar-refractivity contribution in [2.75, 3.05) is 6.61 Å². The van der Waals surface area contributed by atoms with Crippen LogP contribution in [0, 0.1) is 0 Å². The first kappa shape index (κ1) is 10.4. The highest BCUT2D eigenvalue weighted by atomic mass is 16.5. The quantitative estimate of drug-likeness (QED) is 0.364. The van der Waals surface area contributed by atoms with E-state index in [2.05, 4.69) is 12.7 Å². The van der Waals surface area contributed by atoms with E-state index in [9.17, 15) is 0 Å². The highest BCUT2D eigenvalue weighted by Gasteiger charge is 2.02. The van der Waals surface area contributed by atoms with E-state index in [1.165, 1.54) is 51.2 Å². The number of hydrogen-bond acceptors (Lipinski definition) is 1. The van der Waals surface area contributed by atoms with Gasteiger partial charge >= 0.3 is 0 Å². The summed E-state index contributed by atoms with van der Waals surface area (Å²) in [6, 6.07) is 0. The van der Waals surface area contributed by atoms with E-state index in [1.54, 1.807) is 5.57 Å². The molecule has 0 aromatic rings. The second-order valence-corrected chi connectivity index (χ2v) is 3.63. The van der Waals surface area contributed by atoms with Crippen LogP contribution in [0.15, 0.2) is 24.5 Å². The van der Waals surface area contributed by atoms with Crippen molar-refractivity contribution in [3.63, 3.8) is 0 Å². The smallest absolute Gasteiger partial charge is 0.106 e. The molecule has 0 bridgehead atoms. The first-order chi connectivity index (χ1) is 6.43. The molecule has 0 spiro atoms. The minimum absolute atomic E-state index is 0.707. The Bertz CT molecular complexity index is 160. The summed E-state index contributed by atoms with van der Waals surface area (Å²) in [5, 5.41) is 0. The average molecular weight is 180 g/mol. The van der Waals surface area contributed by atoms with Gasteiger partial charge < -0.3 is 4.74 Å². The Hall–Kier alpha value is -0.720. The van der Waals surface area contributed by atoms with Crippen LogP contribution >= 0.6 is 0 Å². The molecular weight excluding hydrogens is 160 g/mol. The molecule has 1 heteroatoms. The van der Waals surface area contributed by atoms with Crippen molar-refractivity contribution in [3.05, 3.63) is 24.5 Å². The molecule has 1 rings (SSSR count). The van der Waals surface area contributed by atoms with Crippen LogP contribution in [0.1, 0.15) is 44.9 Å². The van der Waals surface area contributed by atoms with Crippen LogP contribution in [0.2, 0.25) is 0 Å². The number of ether oxygens (including phenoxy) is 1. The van der Waals surface area contributed by atoms with Crippen molar-refractivity contribution in [2.45, 2.75) is 44.9 Å². The lowest BCUT2D eigenvalue weighted by Crippen LogP contribution is -1.93. The van der Waals surface area contributed by atoms with Crippen molar-refractivity contribution in [3.8, 4) is 0 Å². The van der Waals surface area contributed by atoms with Gasteiger partial charge in [0.05, 0.1) is 6.26 Å². The fourth-order valence-corrected chi connectivity index (χ4v) is 1.80. The molecular formula is C12H20O. The summed E-state index contributed by atoms with van der Waals surface area (Å²) in [6.45, 7) is 4.23. The number of allylic oxidation sites excluding steroid dienone is 1. The Morgan fingerprint density at radius 3 is 2.31 bits per heavy atom. The van der Waals surface area contributed by atoms with Crippen LogP contribution in [-0.2, 0) is 4.74 Å². The average Bonchev–Trinajstić information content (AvgIpc) is 2.08. The Labute approximate surface area is 81.5 Å². The lowest BCUT2D eigenvalue weighted by atomic mass is 9.96. The van der Waals surface area contributed by atoms with Gasteiger partial charge in [0.25, 0.3) is 0 Å². The molecule has 0 atom stereocenters. The topological polar surface area (TPSA) is 9.23 Å². The molecule has 0 heterocycles.